The van der Waals surface area contributed by atoms with E-state index in [0.717, 1.165) is 11.4 Å². The van der Waals surface area contributed by atoms with Gasteiger partial charge in [-0.1, -0.05) is 6.07 Å². The van der Waals surface area contributed by atoms with Crippen molar-refractivity contribution in [2.45, 2.75) is 6.54 Å². The summed E-state index contributed by atoms with van der Waals surface area (Å²) in [6.07, 6.45) is 4.87. The van der Waals surface area contributed by atoms with Crippen LogP contribution in [0.5, 0.6) is 0 Å². The van der Waals surface area contributed by atoms with E-state index in [1.54, 1.807) is 40.4 Å². The number of carbonyl (C=O) groups excluding carboxylic acids is 2. The van der Waals surface area contributed by atoms with Crippen LogP contribution in [0.25, 0.3) is 0 Å². The number of anilines is 1. The lowest BCUT2D eigenvalue weighted by molar-refractivity contribution is 0.0515. The Labute approximate surface area is 168 Å². The number of pyridine rings is 2. The highest BCUT2D eigenvalue weighted by Crippen LogP contribution is 2.13. The maximum Gasteiger partial charge on any atom is 0.289 e. The maximum atomic E-state index is 12.7. The third-order valence-corrected chi connectivity index (χ3v) is 4.77. The molecule has 8 nitrogen and oxygen atoms in total. The summed E-state index contributed by atoms with van der Waals surface area (Å²) >= 11 is 0. The fourth-order valence-electron chi connectivity index (χ4n) is 3.15. The second kappa shape index (κ2) is 8.55. The molecule has 148 valence electrons. The molecule has 3 aromatic heterocycles. The molecule has 0 radical (unpaired) electrons. The van der Waals surface area contributed by atoms with Crippen LogP contribution < -0.4 is 5.32 Å². The first-order valence-corrected chi connectivity index (χ1v) is 9.42. The van der Waals surface area contributed by atoms with Crippen LogP contribution in [0.3, 0.4) is 0 Å². The lowest BCUT2D eigenvalue weighted by atomic mass is 10.2. The summed E-state index contributed by atoms with van der Waals surface area (Å²) in [4.78, 5) is 37.0. The number of aromatic nitrogens is 2. The number of hydrogen-bond donors (Lipinski definition) is 1. The summed E-state index contributed by atoms with van der Waals surface area (Å²) in [7, 11) is 0. The van der Waals surface area contributed by atoms with E-state index in [4.69, 9.17) is 4.42 Å². The third-order valence-electron chi connectivity index (χ3n) is 4.77. The van der Waals surface area contributed by atoms with Crippen LogP contribution in [0.2, 0.25) is 0 Å². The van der Waals surface area contributed by atoms with Gasteiger partial charge in [-0.15, -0.1) is 0 Å². The Morgan fingerprint density at radius 1 is 0.931 bits per heavy atom. The Bertz CT molecular complexity index is 950. The predicted molar refractivity (Wildman–Crippen MR) is 106 cm³/mol. The molecule has 1 N–H and O–H groups in total. The molecular formula is C21H21N5O3. The van der Waals surface area contributed by atoms with Crippen molar-refractivity contribution in [3.05, 3.63) is 78.3 Å². The van der Waals surface area contributed by atoms with Gasteiger partial charge in [-0.05, 0) is 36.4 Å². The molecule has 0 bridgehead atoms. The number of piperazine rings is 1. The van der Waals surface area contributed by atoms with E-state index in [2.05, 4.69) is 15.3 Å². The number of rotatable bonds is 5. The van der Waals surface area contributed by atoms with Gasteiger partial charge in [-0.3, -0.25) is 14.6 Å². The highest BCUT2D eigenvalue weighted by atomic mass is 16.3. The van der Waals surface area contributed by atoms with Gasteiger partial charge in [0.25, 0.3) is 11.8 Å². The zero-order valence-corrected chi connectivity index (χ0v) is 15.8. The fourth-order valence-corrected chi connectivity index (χ4v) is 3.15. The van der Waals surface area contributed by atoms with Crippen molar-refractivity contribution in [2.75, 3.05) is 31.5 Å². The van der Waals surface area contributed by atoms with Crippen LogP contribution in [-0.2, 0) is 6.54 Å². The average molecular weight is 391 g/mol. The molecule has 0 spiro atoms. The molecule has 1 aliphatic heterocycles. The lowest BCUT2D eigenvalue weighted by Gasteiger charge is -2.34. The Balaban J connectivity index is 1.30. The smallest absolute Gasteiger partial charge is 0.289 e. The van der Waals surface area contributed by atoms with Crippen molar-refractivity contribution in [1.82, 2.24) is 19.8 Å². The Hall–Kier alpha value is -3.68. The third kappa shape index (κ3) is 4.43. The minimum Gasteiger partial charge on any atom is -0.459 e. The van der Waals surface area contributed by atoms with E-state index >= 15 is 0 Å². The van der Waals surface area contributed by atoms with E-state index in [9.17, 15) is 9.59 Å². The highest BCUT2D eigenvalue weighted by Gasteiger charge is 2.27. The lowest BCUT2D eigenvalue weighted by Crippen LogP contribution is -2.50. The van der Waals surface area contributed by atoms with Crippen LogP contribution in [0, 0.1) is 0 Å². The Morgan fingerprint density at radius 2 is 1.72 bits per heavy atom. The summed E-state index contributed by atoms with van der Waals surface area (Å²) in [5, 5.41) is 3.24. The molecule has 29 heavy (non-hydrogen) atoms. The van der Waals surface area contributed by atoms with Crippen LogP contribution in [0.1, 0.15) is 26.7 Å². The van der Waals surface area contributed by atoms with Gasteiger partial charge in [0.05, 0.1) is 30.4 Å². The molecular weight excluding hydrogens is 370 g/mol. The van der Waals surface area contributed by atoms with Crippen molar-refractivity contribution in [3.8, 4) is 0 Å². The largest absolute Gasteiger partial charge is 0.459 e. The summed E-state index contributed by atoms with van der Waals surface area (Å²) in [5.41, 5.74) is 2.13. The number of carbonyl (C=O) groups is 2. The van der Waals surface area contributed by atoms with Gasteiger partial charge in [0, 0.05) is 32.4 Å². The zero-order valence-electron chi connectivity index (χ0n) is 15.8. The summed E-state index contributed by atoms with van der Waals surface area (Å²) in [6, 6.07) is 12.6. The van der Waals surface area contributed by atoms with Gasteiger partial charge in [0.1, 0.15) is 5.69 Å². The standard InChI is InChI=1S/C21H21N5O3/c27-20(25-9-11-26(12-10-25)21(28)19-5-3-13-29-19)18-7-6-17(15-24-18)23-14-16-4-1-2-8-22-16/h1-8,13,15,23H,9-12,14H2. The normalized spacial score (nSPS) is 13.9. The first-order valence-electron chi connectivity index (χ1n) is 9.42. The summed E-state index contributed by atoms with van der Waals surface area (Å²) in [5.74, 6) is 0.0372. The van der Waals surface area contributed by atoms with E-state index in [0.29, 0.717) is 44.2 Å². The van der Waals surface area contributed by atoms with E-state index in [1.165, 1.54) is 6.26 Å². The van der Waals surface area contributed by atoms with E-state index in [-0.39, 0.29) is 11.8 Å². The second-order valence-corrected chi connectivity index (χ2v) is 6.67. The highest BCUT2D eigenvalue weighted by molar-refractivity contribution is 5.93. The first kappa shape index (κ1) is 18.7. The molecule has 8 heteroatoms. The van der Waals surface area contributed by atoms with Crippen LogP contribution in [-0.4, -0.2) is 57.8 Å². The predicted octanol–water partition coefficient (Wildman–Crippen LogP) is 2.28. The SMILES string of the molecule is O=C(c1ccc(NCc2ccccn2)cn1)N1CCN(C(=O)c2ccco2)CC1. The summed E-state index contributed by atoms with van der Waals surface area (Å²) < 4.78 is 5.16. The van der Waals surface area contributed by atoms with Crippen molar-refractivity contribution < 1.29 is 14.0 Å². The van der Waals surface area contributed by atoms with Crippen molar-refractivity contribution in [2.24, 2.45) is 0 Å². The van der Waals surface area contributed by atoms with Gasteiger partial charge in [0.2, 0.25) is 0 Å². The van der Waals surface area contributed by atoms with Crippen LogP contribution >= 0.6 is 0 Å². The minimum atomic E-state index is -0.149. The van der Waals surface area contributed by atoms with Gasteiger partial charge in [0.15, 0.2) is 5.76 Å². The monoisotopic (exact) mass is 391 g/mol. The van der Waals surface area contributed by atoms with Crippen molar-refractivity contribution >= 4 is 17.5 Å². The molecule has 1 aliphatic rings. The number of nitrogens with one attached hydrogen (secondary N) is 1. The Kier molecular flexibility index (Phi) is 5.51. The molecule has 0 saturated carbocycles. The fraction of sp³-hybridized carbons (Fsp3) is 0.238. The zero-order chi connectivity index (χ0) is 20.1. The molecule has 1 saturated heterocycles. The van der Waals surface area contributed by atoms with E-state index < -0.39 is 0 Å². The van der Waals surface area contributed by atoms with Gasteiger partial charge in [-0.25, -0.2) is 4.98 Å². The molecule has 4 rings (SSSR count). The molecule has 4 heterocycles. The number of hydrogen-bond acceptors (Lipinski definition) is 6. The van der Waals surface area contributed by atoms with Crippen LogP contribution in [0.15, 0.2) is 65.5 Å². The molecule has 3 aromatic rings. The quantitative estimate of drug-likeness (QED) is 0.717. The second-order valence-electron chi connectivity index (χ2n) is 6.67. The molecule has 0 aromatic carbocycles. The molecule has 0 unspecified atom stereocenters. The molecule has 1 fully saturated rings. The van der Waals surface area contributed by atoms with Gasteiger partial charge < -0.3 is 19.5 Å². The summed E-state index contributed by atoms with van der Waals surface area (Å²) in [6.45, 7) is 2.45. The minimum absolute atomic E-state index is 0.133. The van der Waals surface area contributed by atoms with Crippen molar-refractivity contribution in [3.63, 3.8) is 0 Å². The Morgan fingerprint density at radius 3 is 2.34 bits per heavy atom. The number of furan rings is 1. The number of nitrogens with zero attached hydrogens (tertiary/aromatic N) is 4. The average Bonchev–Trinajstić information content (AvgIpc) is 3.33. The van der Waals surface area contributed by atoms with Gasteiger partial charge in [-0.2, -0.15) is 0 Å². The number of amides is 2. The molecule has 2 amide bonds. The first-order chi connectivity index (χ1) is 14.2. The van der Waals surface area contributed by atoms with E-state index in [1.807, 2.05) is 24.3 Å². The topological polar surface area (TPSA) is 91.6 Å². The maximum absolute atomic E-state index is 12.7. The van der Waals surface area contributed by atoms with Crippen LogP contribution in [0.4, 0.5) is 5.69 Å². The molecule has 0 atom stereocenters. The van der Waals surface area contributed by atoms with Crippen molar-refractivity contribution in [1.29, 1.82) is 0 Å². The molecule has 0 aliphatic carbocycles. The van der Waals surface area contributed by atoms with Gasteiger partial charge >= 0.3 is 0 Å².